The average Bonchev–Trinajstić information content (AvgIpc) is 2.76. The van der Waals surface area contributed by atoms with E-state index in [0.717, 1.165) is 25.8 Å². The number of rotatable bonds is 7. The normalized spacial score (nSPS) is 18.6. The molecule has 0 aromatic heterocycles. The summed E-state index contributed by atoms with van der Waals surface area (Å²) in [6, 6.07) is 0. The second kappa shape index (κ2) is 7.94. The van der Waals surface area contributed by atoms with Crippen molar-refractivity contribution >= 4 is 17.5 Å². The zero-order valence-electron chi connectivity index (χ0n) is 10.3. The van der Waals surface area contributed by atoms with Crippen LogP contribution in [0.2, 0.25) is 0 Å². The molecule has 0 spiro atoms. The van der Waals surface area contributed by atoms with Crippen molar-refractivity contribution in [3.63, 3.8) is 0 Å². The summed E-state index contributed by atoms with van der Waals surface area (Å²) in [6.45, 7) is 2.95. The number of hydrogen-bond donors (Lipinski definition) is 1. The van der Waals surface area contributed by atoms with E-state index < -0.39 is 0 Å². The Bertz CT molecular complexity index is 202. The summed E-state index contributed by atoms with van der Waals surface area (Å²) < 4.78 is 0. The number of halogens is 1. The molecule has 16 heavy (non-hydrogen) atoms. The molecule has 1 fully saturated rings. The molecule has 1 atom stereocenters. The van der Waals surface area contributed by atoms with E-state index in [1.807, 2.05) is 0 Å². The monoisotopic (exact) mass is 245 g/mol. The van der Waals surface area contributed by atoms with Crippen LogP contribution in [-0.2, 0) is 4.79 Å². The van der Waals surface area contributed by atoms with E-state index in [1.54, 1.807) is 0 Å². The minimum Gasteiger partial charge on any atom is -0.356 e. The Morgan fingerprint density at radius 2 is 2.12 bits per heavy atom. The lowest BCUT2D eigenvalue weighted by Gasteiger charge is -2.15. The highest BCUT2D eigenvalue weighted by atomic mass is 35.5. The first-order valence-corrected chi connectivity index (χ1v) is 7.12. The molecule has 0 aliphatic heterocycles. The van der Waals surface area contributed by atoms with Crippen molar-refractivity contribution in [3.05, 3.63) is 0 Å². The first-order valence-electron chi connectivity index (χ1n) is 6.59. The highest BCUT2D eigenvalue weighted by Crippen LogP contribution is 2.27. The van der Waals surface area contributed by atoms with Gasteiger partial charge in [-0.2, -0.15) is 0 Å². The van der Waals surface area contributed by atoms with Gasteiger partial charge in [-0.3, -0.25) is 4.79 Å². The molecule has 1 aliphatic carbocycles. The number of nitrogens with one attached hydrogen (secondary N) is 1. The van der Waals surface area contributed by atoms with Crippen molar-refractivity contribution in [2.75, 3.05) is 12.4 Å². The molecule has 1 aliphatic rings. The molecule has 3 heteroatoms. The molecule has 0 aromatic carbocycles. The van der Waals surface area contributed by atoms with Gasteiger partial charge >= 0.3 is 0 Å². The van der Waals surface area contributed by atoms with E-state index in [0.29, 0.717) is 17.7 Å². The minimum atomic E-state index is 0.236. The van der Waals surface area contributed by atoms with E-state index in [4.69, 9.17) is 11.6 Å². The maximum Gasteiger partial charge on any atom is 0.220 e. The molecule has 0 saturated heterocycles. The van der Waals surface area contributed by atoms with Crippen molar-refractivity contribution in [1.82, 2.24) is 5.32 Å². The number of alkyl halides is 1. The second-order valence-electron chi connectivity index (χ2n) is 4.91. The summed E-state index contributed by atoms with van der Waals surface area (Å²) in [4.78, 5) is 11.7. The molecule has 0 aromatic rings. The molecule has 1 amide bonds. The molecular weight excluding hydrogens is 222 g/mol. The third-order valence-corrected chi connectivity index (χ3v) is 3.85. The van der Waals surface area contributed by atoms with Gasteiger partial charge in [-0.15, -0.1) is 11.6 Å². The standard InChI is InChI=1S/C13H24ClNO/c1-2-11(7-8-14)10-15-13(16)9-12-5-3-4-6-12/h11-12H,2-10H2,1H3,(H,15,16). The Morgan fingerprint density at radius 3 is 2.69 bits per heavy atom. The lowest BCUT2D eigenvalue weighted by Crippen LogP contribution is -2.30. The molecule has 1 N–H and O–H groups in total. The maximum absolute atomic E-state index is 11.7. The Kier molecular flexibility index (Phi) is 6.86. The van der Waals surface area contributed by atoms with E-state index in [1.165, 1.54) is 25.7 Å². The quantitative estimate of drug-likeness (QED) is 0.685. The van der Waals surface area contributed by atoms with Crippen LogP contribution in [0.3, 0.4) is 0 Å². The van der Waals surface area contributed by atoms with Gasteiger partial charge in [0.2, 0.25) is 5.91 Å². The topological polar surface area (TPSA) is 29.1 Å². The van der Waals surface area contributed by atoms with E-state index in [2.05, 4.69) is 12.2 Å². The average molecular weight is 246 g/mol. The van der Waals surface area contributed by atoms with Crippen LogP contribution >= 0.6 is 11.6 Å². The van der Waals surface area contributed by atoms with E-state index in [-0.39, 0.29) is 5.91 Å². The predicted molar refractivity (Wildman–Crippen MR) is 68.7 cm³/mol. The van der Waals surface area contributed by atoms with Crippen molar-refractivity contribution in [1.29, 1.82) is 0 Å². The van der Waals surface area contributed by atoms with Gasteiger partial charge in [0.25, 0.3) is 0 Å². The van der Waals surface area contributed by atoms with Crippen molar-refractivity contribution in [2.24, 2.45) is 11.8 Å². The third-order valence-electron chi connectivity index (χ3n) is 3.63. The SMILES string of the molecule is CCC(CCCl)CNC(=O)CC1CCCC1. The Labute approximate surface area is 104 Å². The fraction of sp³-hybridized carbons (Fsp3) is 0.923. The van der Waals surface area contributed by atoms with E-state index in [9.17, 15) is 4.79 Å². The zero-order valence-corrected chi connectivity index (χ0v) is 11.1. The van der Waals surface area contributed by atoms with Crippen LogP contribution in [0, 0.1) is 11.8 Å². The second-order valence-corrected chi connectivity index (χ2v) is 5.29. The summed E-state index contributed by atoms with van der Waals surface area (Å²) in [5, 5.41) is 3.05. The van der Waals surface area contributed by atoms with Gasteiger partial charge in [0, 0.05) is 18.8 Å². The molecule has 1 rings (SSSR count). The molecule has 1 unspecified atom stereocenters. The Morgan fingerprint density at radius 1 is 1.44 bits per heavy atom. The van der Waals surface area contributed by atoms with Crippen LogP contribution in [-0.4, -0.2) is 18.3 Å². The number of carbonyl (C=O) groups is 1. The number of carbonyl (C=O) groups excluding carboxylic acids is 1. The summed E-state index contributed by atoms with van der Waals surface area (Å²) in [5.41, 5.74) is 0. The molecule has 0 bridgehead atoms. The van der Waals surface area contributed by atoms with Crippen molar-refractivity contribution in [2.45, 2.75) is 51.9 Å². The fourth-order valence-corrected chi connectivity index (χ4v) is 2.72. The van der Waals surface area contributed by atoms with Gasteiger partial charge < -0.3 is 5.32 Å². The fourth-order valence-electron chi connectivity index (χ4n) is 2.41. The predicted octanol–water partition coefficient (Wildman–Crippen LogP) is 3.34. The lowest BCUT2D eigenvalue weighted by atomic mass is 10.0. The summed E-state index contributed by atoms with van der Waals surface area (Å²) in [6.07, 6.45) is 7.93. The molecule has 1 saturated carbocycles. The van der Waals surface area contributed by atoms with Gasteiger partial charge in [-0.05, 0) is 31.1 Å². The third kappa shape index (κ3) is 5.20. The van der Waals surface area contributed by atoms with Gasteiger partial charge in [-0.1, -0.05) is 26.2 Å². The van der Waals surface area contributed by atoms with E-state index >= 15 is 0 Å². The lowest BCUT2D eigenvalue weighted by molar-refractivity contribution is -0.122. The van der Waals surface area contributed by atoms with Crippen molar-refractivity contribution in [3.8, 4) is 0 Å². The highest BCUT2D eigenvalue weighted by Gasteiger charge is 2.18. The largest absolute Gasteiger partial charge is 0.356 e. The van der Waals surface area contributed by atoms with Crippen LogP contribution < -0.4 is 5.32 Å². The van der Waals surface area contributed by atoms with Crippen LogP contribution in [0.25, 0.3) is 0 Å². The minimum absolute atomic E-state index is 0.236. The van der Waals surface area contributed by atoms with Crippen molar-refractivity contribution < 1.29 is 4.79 Å². The number of amides is 1. The summed E-state index contributed by atoms with van der Waals surface area (Å²) >= 11 is 5.72. The zero-order chi connectivity index (χ0) is 11.8. The van der Waals surface area contributed by atoms with Gasteiger partial charge in [-0.25, -0.2) is 0 Å². The Balaban J connectivity index is 2.12. The molecule has 94 valence electrons. The van der Waals surface area contributed by atoms with Gasteiger partial charge in [0.05, 0.1) is 0 Å². The molecule has 0 radical (unpaired) electrons. The van der Waals surface area contributed by atoms with Crippen LogP contribution in [0.15, 0.2) is 0 Å². The molecule has 0 heterocycles. The first-order chi connectivity index (χ1) is 7.76. The number of hydrogen-bond acceptors (Lipinski definition) is 1. The molecule has 2 nitrogen and oxygen atoms in total. The maximum atomic E-state index is 11.7. The highest BCUT2D eigenvalue weighted by molar-refractivity contribution is 6.17. The summed E-state index contributed by atoms with van der Waals surface area (Å²) in [5.74, 6) is 2.12. The summed E-state index contributed by atoms with van der Waals surface area (Å²) in [7, 11) is 0. The Hall–Kier alpha value is -0.240. The first kappa shape index (κ1) is 13.8. The van der Waals surface area contributed by atoms with Crippen LogP contribution in [0.5, 0.6) is 0 Å². The van der Waals surface area contributed by atoms with Crippen LogP contribution in [0.4, 0.5) is 0 Å². The molecular formula is C13H24ClNO. The van der Waals surface area contributed by atoms with Gasteiger partial charge in [0.15, 0.2) is 0 Å². The van der Waals surface area contributed by atoms with Crippen LogP contribution in [0.1, 0.15) is 51.9 Å². The van der Waals surface area contributed by atoms with Gasteiger partial charge in [0.1, 0.15) is 0 Å². The smallest absolute Gasteiger partial charge is 0.220 e.